The number of aliphatic hydroxyl groups is 1. The highest BCUT2D eigenvalue weighted by Crippen LogP contribution is 2.45. The quantitative estimate of drug-likeness (QED) is 0.0985. The number of aromatic nitrogens is 5. The van der Waals surface area contributed by atoms with E-state index in [4.69, 9.17) is 25.2 Å². The predicted molar refractivity (Wildman–Crippen MR) is 208 cm³/mol. The number of alkyl halides is 1. The molecule has 6 heterocycles. The number of ether oxygens (including phenoxy) is 2. The first-order valence-electron chi connectivity index (χ1n) is 19.8. The van der Waals surface area contributed by atoms with E-state index in [0.29, 0.717) is 32.2 Å². The summed E-state index contributed by atoms with van der Waals surface area (Å²) in [6, 6.07) is 8.65. The number of nitrogens with two attached hydrogens (primary N) is 1. The number of fused-ring (bicyclic) bond motifs is 4. The molecule has 1 aliphatic carbocycles. The molecule has 1 aromatic carbocycles. The molecule has 13 heteroatoms. The van der Waals surface area contributed by atoms with Crippen LogP contribution in [0.25, 0.3) is 33.3 Å². The topological polar surface area (TPSA) is 146 Å². The molecule has 6 N–H and O–H groups in total. The van der Waals surface area contributed by atoms with Crippen molar-refractivity contribution in [2.24, 2.45) is 11.7 Å². The zero-order valence-electron chi connectivity index (χ0n) is 32.2. The number of nitrogens with zero attached hydrogens (tertiary/aromatic N) is 5. The molecule has 2 fully saturated rings. The molecule has 7 atom stereocenters. The molecule has 0 radical (unpaired) electrons. The summed E-state index contributed by atoms with van der Waals surface area (Å²) >= 11 is 0. The summed E-state index contributed by atoms with van der Waals surface area (Å²) in [6.07, 6.45) is 9.20. The lowest BCUT2D eigenvalue weighted by molar-refractivity contribution is -0.0364. The zero-order chi connectivity index (χ0) is 37.7. The van der Waals surface area contributed by atoms with Gasteiger partial charge in [0.2, 0.25) is 0 Å². The van der Waals surface area contributed by atoms with Crippen molar-refractivity contribution >= 4 is 22.0 Å². The van der Waals surface area contributed by atoms with Gasteiger partial charge < -0.3 is 34.8 Å². The molecule has 3 aliphatic heterocycles. The van der Waals surface area contributed by atoms with Gasteiger partial charge in [0.1, 0.15) is 29.8 Å². The Labute approximate surface area is 317 Å². The summed E-state index contributed by atoms with van der Waals surface area (Å²) in [5.41, 5.74) is 14.1. The van der Waals surface area contributed by atoms with Crippen LogP contribution in [0.5, 0.6) is 0 Å². The average molecular weight is 742 g/mol. The van der Waals surface area contributed by atoms with Gasteiger partial charge in [-0.05, 0) is 68.4 Å². The number of methoxy groups -OCH3 is 1. The van der Waals surface area contributed by atoms with Crippen LogP contribution < -0.4 is 11.1 Å². The van der Waals surface area contributed by atoms with Crippen molar-refractivity contribution < 1.29 is 19.0 Å². The molecular formula is C41H56FN9O3. The van der Waals surface area contributed by atoms with Crippen molar-refractivity contribution in [3.63, 3.8) is 0 Å². The average Bonchev–Trinajstić information content (AvgIpc) is 4.02. The van der Waals surface area contributed by atoms with Gasteiger partial charge in [0.15, 0.2) is 6.23 Å². The number of nitrogens with one attached hydrogen (secondary N) is 3. The maximum absolute atomic E-state index is 14.7. The minimum atomic E-state index is -0.882. The first kappa shape index (κ1) is 37.1. The molecule has 54 heavy (non-hydrogen) atoms. The number of H-pyrrole nitrogens is 2. The first-order chi connectivity index (χ1) is 26.1. The summed E-state index contributed by atoms with van der Waals surface area (Å²) in [5.74, 6) is 2.92. The lowest BCUT2D eigenvalue weighted by atomic mass is 9.92. The molecular weight excluding hydrogens is 686 g/mol. The third-order valence-electron chi connectivity index (χ3n) is 12.1. The molecule has 4 aliphatic rings. The Balaban J connectivity index is 1.03. The van der Waals surface area contributed by atoms with E-state index in [9.17, 15) is 9.50 Å². The number of allylic oxidation sites excluding steroid dienone is 3. The predicted octanol–water partition coefficient (Wildman–Crippen LogP) is 6.39. The Morgan fingerprint density at radius 2 is 1.87 bits per heavy atom. The summed E-state index contributed by atoms with van der Waals surface area (Å²) in [7, 11) is 1.64. The van der Waals surface area contributed by atoms with Crippen LogP contribution in [-0.4, -0.2) is 97.4 Å². The standard InChI is InChI=1S/C41H56FN9O3/c1-6-38-51-33-12-10-25(31-18-44-39(47-31)34-8-7-13-50(34)41(52)24(4)46-22-53-5)14-27(33)15-35(51)29-11-9-26(16-37(29)54-38)32-19-45-40(48-32)36-17-28(42)20-49(36)21-30(43)23(2)3/h10,12,14-16,18-19,23-24,28,30,34,36,38,41,46,52H,6-9,11,13,17,20-22,43H2,1-5H3,(H,44,47)(H,45,48). The summed E-state index contributed by atoms with van der Waals surface area (Å²) in [4.78, 5) is 21.0. The van der Waals surface area contributed by atoms with Gasteiger partial charge in [-0.25, -0.2) is 14.4 Å². The summed E-state index contributed by atoms with van der Waals surface area (Å²) < 4.78 is 28.9. The van der Waals surface area contributed by atoms with E-state index in [1.807, 2.05) is 19.3 Å². The van der Waals surface area contributed by atoms with E-state index < -0.39 is 12.4 Å². The second-order valence-electron chi connectivity index (χ2n) is 16.0. The highest BCUT2D eigenvalue weighted by molar-refractivity contribution is 5.91. The van der Waals surface area contributed by atoms with Crippen LogP contribution in [0.1, 0.15) is 108 Å². The summed E-state index contributed by atoms with van der Waals surface area (Å²) in [5, 5.41) is 15.5. The number of hydrogen-bond acceptors (Lipinski definition) is 9. The van der Waals surface area contributed by atoms with E-state index in [1.165, 1.54) is 11.3 Å². The van der Waals surface area contributed by atoms with Crippen LogP contribution in [-0.2, 0) is 9.47 Å². The normalized spacial score (nSPS) is 25.2. The van der Waals surface area contributed by atoms with E-state index in [2.05, 4.69) is 80.8 Å². The number of aliphatic hydroxyl groups excluding tert-OH is 1. The summed E-state index contributed by atoms with van der Waals surface area (Å²) in [6.45, 7) is 10.6. The van der Waals surface area contributed by atoms with Crippen molar-refractivity contribution in [2.45, 2.75) is 109 Å². The Kier molecular flexibility index (Phi) is 10.5. The number of likely N-dealkylation sites (tertiary alicyclic amines) is 2. The second-order valence-corrected chi connectivity index (χ2v) is 16.0. The van der Waals surface area contributed by atoms with E-state index in [0.717, 1.165) is 89.5 Å². The Bertz CT molecular complexity index is 2010. The fourth-order valence-electron chi connectivity index (χ4n) is 8.83. The van der Waals surface area contributed by atoms with Gasteiger partial charge in [-0.3, -0.25) is 15.1 Å². The number of hydrogen-bond donors (Lipinski definition) is 5. The van der Waals surface area contributed by atoms with Gasteiger partial charge in [0, 0.05) is 68.2 Å². The fourth-order valence-corrected chi connectivity index (χ4v) is 8.83. The molecule has 0 spiro atoms. The number of benzene rings is 1. The van der Waals surface area contributed by atoms with Gasteiger partial charge >= 0.3 is 0 Å². The second kappa shape index (κ2) is 15.4. The van der Waals surface area contributed by atoms with Gasteiger partial charge in [-0.15, -0.1) is 0 Å². The van der Waals surface area contributed by atoms with Crippen LogP contribution >= 0.6 is 0 Å². The largest absolute Gasteiger partial charge is 0.470 e. The van der Waals surface area contributed by atoms with Crippen molar-refractivity contribution in [1.82, 2.24) is 39.6 Å². The monoisotopic (exact) mass is 741 g/mol. The van der Waals surface area contributed by atoms with Gasteiger partial charge in [-0.2, -0.15) is 0 Å². The van der Waals surface area contributed by atoms with Crippen molar-refractivity contribution in [3.8, 4) is 11.3 Å². The van der Waals surface area contributed by atoms with Crippen LogP contribution in [0.15, 0.2) is 48.5 Å². The molecule has 4 aromatic rings. The molecule has 8 rings (SSSR count). The molecule has 0 bridgehead atoms. The van der Waals surface area contributed by atoms with Gasteiger partial charge in [0.25, 0.3) is 0 Å². The van der Waals surface area contributed by atoms with E-state index in [-0.39, 0.29) is 30.4 Å². The molecule has 7 unspecified atom stereocenters. The highest BCUT2D eigenvalue weighted by atomic mass is 19.1. The lowest BCUT2D eigenvalue weighted by Gasteiger charge is -2.32. The number of rotatable bonds is 13. The lowest BCUT2D eigenvalue weighted by Crippen LogP contribution is -2.48. The Morgan fingerprint density at radius 1 is 1.09 bits per heavy atom. The Morgan fingerprint density at radius 3 is 2.65 bits per heavy atom. The first-order valence-corrected chi connectivity index (χ1v) is 19.8. The SMILES string of the molecule is CCC1OC2=C(CCC(c3cnc(C4CC(F)CN4CC(N)C(C)C)[nH]3)=C2)c2cc3cc(-c4cnc(C5CCCN5C(O)C(C)NCOC)[nH]4)ccc3n21. The van der Waals surface area contributed by atoms with Crippen molar-refractivity contribution in [1.29, 1.82) is 0 Å². The number of aromatic amines is 2. The zero-order valence-corrected chi connectivity index (χ0v) is 32.2. The maximum atomic E-state index is 14.7. The van der Waals surface area contributed by atoms with Gasteiger partial charge in [0.05, 0.1) is 53.8 Å². The van der Waals surface area contributed by atoms with Crippen molar-refractivity contribution in [2.75, 3.05) is 33.5 Å². The third kappa shape index (κ3) is 6.94. The van der Waals surface area contributed by atoms with E-state index in [1.54, 1.807) is 7.11 Å². The Hall–Kier alpha value is -3.85. The maximum Gasteiger partial charge on any atom is 0.176 e. The highest BCUT2D eigenvalue weighted by Gasteiger charge is 2.38. The number of imidazole rings is 2. The molecule has 0 saturated carbocycles. The van der Waals surface area contributed by atoms with Crippen LogP contribution in [0, 0.1) is 5.92 Å². The molecule has 290 valence electrons. The molecule has 2 saturated heterocycles. The van der Waals surface area contributed by atoms with Crippen molar-refractivity contribution in [3.05, 3.63) is 71.5 Å². The van der Waals surface area contributed by atoms with Crippen LogP contribution in [0.3, 0.4) is 0 Å². The number of halogens is 1. The van der Waals surface area contributed by atoms with Gasteiger partial charge in [-0.1, -0.05) is 26.8 Å². The van der Waals surface area contributed by atoms with Crippen LogP contribution in [0.2, 0.25) is 0 Å². The molecule has 12 nitrogen and oxygen atoms in total. The third-order valence-corrected chi connectivity index (χ3v) is 12.1. The minimum Gasteiger partial charge on any atom is -0.470 e. The smallest absolute Gasteiger partial charge is 0.176 e. The minimum absolute atomic E-state index is 0.0122. The molecule has 3 aromatic heterocycles. The van der Waals surface area contributed by atoms with E-state index >= 15 is 0 Å². The fraction of sp³-hybridized carbons (Fsp3) is 0.561. The molecule has 0 amide bonds. The van der Waals surface area contributed by atoms with Crippen LogP contribution in [0.4, 0.5) is 4.39 Å².